The topological polar surface area (TPSA) is 29.5 Å². The maximum atomic E-state index is 9.79. The molecule has 106 valence electrons. The Morgan fingerprint density at radius 3 is 2.24 bits per heavy atom. The summed E-state index contributed by atoms with van der Waals surface area (Å²) in [6.45, 7) is 1.96. The van der Waals surface area contributed by atoms with E-state index in [1.165, 1.54) is 5.39 Å². The Bertz CT molecular complexity index is 732. The normalized spacial score (nSPS) is 12.3. The third kappa shape index (κ3) is 3.06. The highest BCUT2D eigenvalue weighted by molar-refractivity contribution is 5.83. The molecule has 0 saturated carbocycles. The standard InChI is InChI=1S/C19H18O2/c1-2-19(20)15-8-10-17(11-9-15)21-18-12-7-14-5-3-4-6-16(14)13-18/h3-13,19-20H,2H2,1H3/t19-/m1/s1. The number of aliphatic hydroxyl groups excluding tert-OH is 1. The van der Waals surface area contributed by atoms with Crippen molar-refractivity contribution in [1.82, 2.24) is 0 Å². The van der Waals surface area contributed by atoms with E-state index < -0.39 is 6.10 Å². The Morgan fingerprint density at radius 2 is 1.52 bits per heavy atom. The van der Waals surface area contributed by atoms with Crippen molar-refractivity contribution in [1.29, 1.82) is 0 Å². The minimum Gasteiger partial charge on any atom is -0.457 e. The van der Waals surface area contributed by atoms with Gasteiger partial charge in [-0.3, -0.25) is 0 Å². The molecule has 0 heterocycles. The number of rotatable bonds is 4. The zero-order valence-corrected chi connectivity index (χ0v) is 12.0. The van der Waals surface area contributed by atoms with E-state index in [2.05, 4.69) is 18.2 Å². The van der Waals surface area contributed by atoms with Crippen LogP contribution in [0.3, 0.4) is 0 Å². The lowest BCUT2D eigenvalue weighted by molar-refractivity contribution is 0.173. The summed E-state index contributed by atoms with van der Waals surface area (Å²) in [5.41, 5.74) is 0.920. The van der Waals surface area contributed by atoms with Gasteiger partial charge in [-0.25, -0.2) is 0 Å². The first-order valence-electron chi connectivity index (χ1n) is 7.21. The van der Waals surface area contributed by atoms with Gasteiger partial charge in [0.15, 0.2) is 0 Å². The summed E-state index contributed by atoms with van der Waals surface area (Å²) in [5, 5.41) is 12.1. The summed E-state index contributed by atoms with van der Waals surface area (Å²) < 4.78 is 5.87. The summed E-state index contributed by atoms with van der Waals surface area (Å²) in [7, 11) is 0. The third-order valence-corrected chi connectivity index (χ3v) is 3.61. The Hall–Kier alpha value is -2.32. The maximum Gasteiger partial charge on any atom is 0.128 e. The highest BCUT2D eigenvalue weighted by Crippen LogP contribution is 2.27. The quantitative estimate of drug-likeness (QED) is 0.721. The van der Waals surface area contributed by atoms with E-state index in [9.17, 15) is 5.11 Å². The molecule has 0 aliphatic heterocycles. The van der Waals surface area contributed by atoms with Gasteiger partial charge < -0.3 is 9.84 Å². The fourth-order valence-corrected chi connectivity index (χ4v) is 2.36. The number of hydrogen-bond acceptors (Lipinski definition) is 2. The van der Waals surface area contributed by atoms with Crippen molar-refractivity contribution in [2.45, 2.75) is 19.4 Å². The molecule has 0 amide bonds. The monoisotopic (exact) mass is 278 g/mol. The zero-order chi connectivity index (χ0) is 14.7. The molecule has 0 saturated heterocycles. The number of benzene rings is 3. The number of fused-ring (bicyclic) bond motifs is 1. The Balaban J connectivity index is 1.81. The van der Waals surface area contributed by atoms with Gasteiger partial charge >= 0.3 is 0 Å². The van der Waals surface area contributed by atoms with Gasteiger partial charge in [-0.05, 0) is 47.0 Å². The average Bonchev–Trinajstić information content (AvgIpc) is 2.55. The van der Waals surface area contributed by atoms with Crippen molar-refractivity contribution >= 4 is 10.8 Å². The maximum absolute atomic E-state index is 9.79. The van der Waals surface area contributed by atoms with Gasteiger partial charge in [0.05, 0.1) is 6.10 Å². The smallest absolute Gasteiger partial charge is 0.128 e. The van der Waals surface area contributed by atoms with Crippen molar-refractivity contribution < 1.29 is 9.84 Å². The molecule has 0 bridgehead atoms. The first-order chi connectivity index (χ1) is 10.3. The molecule has 1 atom stereocenters. The van der Waals surface area contributed by atoms with Crippen LogP contribution in [0.5, 0.6) is 11.5 Å². The molecule has 2 heteroatoms. The number of aliphatic hydroxyl groups is 1. The summed E-state index contributed by atoms with van der Waals surface area (Å²) in [5.74, 6) is 1.59. The molecule has 0 aromatic heterocycles. The molecule has 3 aromatic rings. The summed E-state index contributed by atoms with van der Waals surface area (Å²) in [6.07, 6.45) is 0.310. The van der Waals surface area contributed by atoms with Crippen LogP contribution in [-0.2, 0) is 0 Å². The van der Waals surface area contributed by atoms with Crippen LogP contribution in [0.25, 0.3) is 10.8 Å². The van der Waals surface area contributed by atoms with Crippen molar-refractivity contribution in [2.24, 2.45) is 0 Å². The first-order valence-corrected chi connectivity index (χ1v) is 7.21. The molecule has 2 nitrogen and oxygen atoms in total. The van der Waals surface area contributed by atoms with Gasteiger partial charge in [-0.1, -0.05) is 49.4 Å². The largest absolute Gasteiger partial charge is 0.457 e. The number of hydrogen-bond donors (Lipinski definition) is 1. The van der Waals surface area contributed by atoms with Gasteiger partial charge in [-0.15, -0.1) is 0 Å². The van der Waals surface area contributed by atoms with E-state index in [4.69, 9.17) is 4.74 Å². The fourth-order valence-electron chi connectivity index (χ4n) is 2.36. The van der Waals surface area contributed by atoms with E-state index >= 15 is 0 Å². The fraction of sp³-hybridized carbons (Fsp3) is 0.158. The SMILES string of the molecule is CC[C@@H](O)c1ccc(Oc2ccc3ccccc3c2)cc1. The van der Waals surface area contributed by atoms with E-state index in [0.29, 0.717) is 6.42 Å². The summed E-state index contributed by atoms with van der Waals surface area (Å²) in [4.78, 5) is 0. The van der Waals surface area contributed by atoms with Crippen LogP contribution in [0.2, 0.25) is 0 Å². The second-order valence-electron chi connectivity index (χ2n) is 5.10. The highest BCUT2D eigenvalue weighted by Gasteiger charge is 2.05. The molecule has 21 heavy (non-hydrogen) atoms. The van der Waals surface area contributed by atoms with E-state index in [1.807, 2.05) is 55.5 Å². The lowest BCUT2D eigenvalue weighted by Crippen LogP contribution is -1.94. The lowest BCUT2D eigenvalue weighted by Gasteiger charge is -2.10. The van der Waals surface area contributed by atoms with Crippen LogP contribution in [-0.4, -0.2) is 5.11 Å². The molecule has 3 rings (SSSR count). The zero-order valence-electron chi connectivity index (χ0n) is 12.0. The molecule has 1 N–H and O–H groups in total. The van der Waals surface area contributed by atoms with Crippen LogP contribution >= 0.6 is 0 Å². The van der Waals surface area contributed by atoms with Crippen molar-refractivity contribution in [3.63, 3.8) is 0 Å². The van der Waals surface area contributed by atoms with E-state index in [-0.39, 0.29) is 0 Å². The van der Waals surface area contributed by atoms with E-state index in [0.717, 1.165) is 22.4 Å². The van der Waals surface area contributed by atoms with Crippen molar-refractivity contribution in [3.8, 4) is 11.5 Å². The van der Waals surface area contributed by atoms with Crippen LogP contribution in [0, 0.1) is 0 Å². The van der Waals surface area contributed by atoms with Gasteiger partial charge in [-0.2, -0.15) is 0 Å². The second kappa shape index (κ2) is 5.98. The summed E-state index contributed by atoms with van der Waals surface area (Å²) in [6, 6.07) is 21.9. The first kappa shape index (κ1) is 13.7. The number of ether oxygens (including phenoxy) is 1. The Morgan fingerprint density at radius 1 is 0.857 bits per heavy atom. The third-order valence-electron chi connectivity index (χ3n) is 3.61. The predicted molar refractivity (Wildman–Crippen MR) is 85.7 cm³/mol. The Kier molecular flexibility index (Phi) is 3.89. The van der Waals surface area contributed by atoms with Gasteiger partial charge in [0.1, 0.15) is 11.5 Å². The molecule has 0 spiro atoms. The molecular weight excluding hydrogens is 260 g/mol. The van der Waals surface area contributed by atoms with Crippen LogP contribution in [0.1, 0.15) is 25.0 Å². The second-order valence-corrected chi connectivity index (χ2v) is 5.10. The van der Waals surface area contributed by atoms with E-state index in [1.54, 1.807) is 0 Å². The van der Waals surface area contributed by atoms with Gasteiger partial charge in [0.2, 0.25) is 0 Å². The molecule has 0 unspecified atom stereocenters. The van der Waals surface area contributed by atoms with Crippen LogP contribution in [0.15, 0.2) is 66.7 Å². The summed E-state index contributed by atoms with van der Waals surface area (Å²) >= 11 is 0. The minimum atomic E-state index is -0.403. The van der Waals surface area contributed by atoms with Crippen molar-refractivity contribution in [3.05, 3.63) is 72.3 Å². The molecular formula is C19H18O2. The molecule has 0 aliphatic rings. The molecule has 0 fully saturated rings. The average molecular weight is 278 g/mol. The lowest BCUT2D eigenvalue weighted by atomic mass is 10.1. The molecule has 3 aromatic carbocycles. The minimum absolute atomic E-state index is 0.403. The van der Waals surface area contributed by atoms with Crippen LogP contribution < -0.4 is 4.74 Å². The molecule has 0 radical (unpaired) electrons. The molecule has 0 aliphatic carbocycles. The van der Waals surface area contributed by atoms with Gasteiger partial charge in [0.25, 0.3) is 0 Å². The predicted octanol–water partition coefficient (Wildman–Crippen LogP) is 5.08. The van der Waals surface area contributed by atoms with Crippen LogP contribution in [0.4, 0.5) is 0 Å². The Labute approximate surface area is 124 Å². The van der Waals surface area contributed by atoms with Crippen molar-refractivity contribution in [2.75, 3.05) is 0 Å². The van der Waals surface area contributed by atoms with Gasteiger partial charge in [0, 0.05) is 0 Å². The highest BCUT2D eigenvalue weighted by atomic mass is 16.5.